The van der Waals surface area contributed by atoms with E-state index in [4.69, 9.17) is 5.11 Å². The Morgan fingerprint density at radius 2 is 2.12 bits per heavy atom. The summed E-state index contributed by atoms with van der Waals surface area (Å²) in [6.45, 7) is 2.47. The summed E-state index contributed by atoms with van der Waals surface area (Å²) < 4.78 is 0.532. The summed E-state index contributed by atoms with van der Waals surface area (Å²) in [7, 11) is 0. The summed E-state index contributed by atoms with van der Waals surface area (Å²) in [6, 6.07) is 4.29. The Balaban J connectivity index is 2.89. The van der Waals surface area contributed by atoms with Crippen LogP contribution in [0, 0.1) is 0 Å². The van der Waals surface area contributed by atoms with Crippen LogP contribution in [0.2, 0.25) is 0 Å². The number of halogens is 1. The molecular formula is C11H13BrN2O3. The molecule has 0 heterocycles. The van der Waals surface area contributed by atoms with Crippen molar-refractivity contribution in [3.05, 3.63) is 28.2 Å². The van der Waals surface area contributed by atoms with Crippen molar-refractivity contribution in [2.75, 3.05) is 11.9 Å². The molecule has 1 rings (SSSR count). The molecule has 0 aliphatic rings. The predicted octanol–water partition coefficient (Wildman–Crippen LogP) is 2.68. The minimum atomic E-state index is -1.09. The van der Waals surface area contributed by atoms with Crippen LogP contribution in [-0.2, 0) is 0 Å². The summed E-state index contributed by atoms with van der Waals surface area (Å²) in [4.78, 5) is 22.4. The number of para-hydroxylation sites is 1. The van der Waals surface area contributed by atoms with E-state index in [1.54, 1.807) is 12.1 Å². The zero-order chi connectivity index (χ0) is 12.8. The van der Waals surface area contributed by atoms with Gasteiger partial charge in [0.05, 0.1) is 11.3 Å². The first-order chi connectivity index (χ1) is 8.06. The first-order valence-electron chi connectivity index (χ1n) is 5.13. The van der Waals surface area contributed by atoms with E-state index >= 15 is 0 Å². The van der Waals surface area contributed by atoms with Gasteiger partial charge < -0.3 is 15.7 Å². The number of rotatable bonds is 4. The molecule has 0 aliphatic heterocycles. The van der Waals surface area contributed by atoms with Gasteiger partial charge in [-0.3, -0.25) is 0 Å². The summed E-state index contributed by atoms with van der Waals surface area (Å²) in [5.41, 5.74) is 0.305. The number of carboxylic acids is 1. The van der Waals surface area contributed by atoms with Crippen molar-refractivity contribution in [2.24, 2.45) is 0 Å². The SMILES string of the molecule is CCCNC(=O)Nc1c(Br)cccc1C(=O)O. The summed E-state index contributed by atoms with van der Waals surface area (Å²) in [6.07, 6.45) is 0.815. The minimum absolute atomic E-state index is 0.0472. The molecule has 0 saturated heterocycles. The maximum Gasteiger partial charge on any atom is 0.337 e. The normalized spacial score (nSPS) is 9.76. The Bertz CT molecular complexity index is 435. The van der Waals surface area contributed by atoms with Crippen molar-refractivity contribution in [2.45, 2.75) is 13.3 Å². The van der Waals surface area contributed by atoms with E-state index in [1.807, 2.05) is 6.92 Å². The molecule has 0 radical (unpaired) electrons. The molecule has 0 saturated carbocycles. The van der Waals surface area contributed by atoms with Crippen LogP contribution in [0.25, 0.3) is 0 Å². The predicted molar refractivity (Wildman–Crippen MR) is 68.4 cm³/mol. The van der Waals surface area contributed by atoms with E-state index in [9.17, 15) is 9.59 Å². The zero-order valence-electron chi connectivity index (χ0n) is 9.29. The van der Waals surface area contributed by atoms with Gasteiger partial charge >= 0.3 is 12.0 Å². The van der Waals surface area contributed by atoms with Crippen molar-refractivity contribution in [1.82, 2.24) is 5.32 Å². The lowest BCUT2D eigenvalue weighted by Gasteiger charge is -2.11. The second-order valence-electron chi connectivity index (χ2n) is 3.35. The number of nitrogens with one attached hydrogen (secondary N) is 2. The van der Waals surface area contributed by atoms with Crippen molar-refractivity contribution >= 4 is 33.6 Å². The molecule has 92 valence electrons. The molecule has 0 spiro atoms. The van der Waals surface area contributed by atoms with E-state index in [2.05, 4.69) is 26.6 Å². The number of anilines is 1. The Morgan fingerprint density at radius 1 is 1.41 bits per heavy atom. The van der Waals surface area contributed by atoms with Gasteiger partial charge in [-0.1, -0.05) is 13.0 Å². The Hall–Kier alpha value is -1.56. The maximum atomic E-state index is 11.5. The summed E-state index contributed by atoms with van der Waals surface area (Å²) >= 11 is 3.21. The number of carbonyl (C=O) groups excluding carboxylic acids is 1. The number of hydrogen-bond donors (Lipinski definition) is 3. The van der Waals surface area contributed by atoms with Gasteiger partial charge in [-0.2, -0.15) is 0 Å². The van der Waals surface area contributed by atoms with E-state index in [-0.39, 0.29) is 11.3 Å². The van der Waals surface area contributed by atoms with Crippen LogP contribution < -0.4 is 10.6 Å². The number of hydrogen-bond acceptors (Lipinski definition) is 2. The smallest absolute Gasteiger partial charge is 0.337 e. The standard InChI is InChI=1S/C11H13BrN2O3/c1-2-6-13-11(17)14-9-7(10(15)16)4-3-5-8(9)12/h3-5H,2,6H2,1H3,(H,15,16)(H2,13,14,17). The van der Waals surface area contributed by atoms with Crippen LogP contribution >= 0.6 is 15.9 Å². The monoisotopic (exact) mass is 300 g/mol. The molecule has 3 N–H and O–H groups in total. The van der Waals surface area contributed by atoms with Crippen LogP contribution in [0.1, 0.15) is 23.7 Å². The molecule has 5 nitrogen and oxygen atoms in total. The molecule has 2 amide bonds. The van der Waals surface area contributed by atoms with Crippen LogP contribution in [0.3, 0.4) is 0 Å². The lowest BCUT2D eigenvalue weighted by atomic mass is 10.2. The van der Waals surface area contributed by atoms with Gasteiger partial charge in [0.15, 0.2) is 0 Å². The molecule has 0 fully saturated rings. The number of carbonyl (C=O) groups is 2. The van der Waals surface area contributed by atoms with Crippen LogP contribution in [0.5, 0.6) is 0 Å². The molecule has 0 aromatic heterocycles. The fourth-order valence-electron chi connectivity index (χ4n) is 1.23. The van der Waals surface area contributed by atoms with Crippen molar-refractivity contribution < 1.29 is 14.7 Å². The highest BCUT2D eigenvalue weighted by Crippen LogP contribution is 2.26. The van der Waals surface area contributed by atoms with E-state index < -0.39 is 12.0 Å². The lowest BCUT2D eigenvalue weighted by molar-refractivity contribution is 0.0698. The zero-order valence-corrected chi connectivity index (χ0v) is 10.9. The molecular weight excluding hydrogens is 288 g/mol. The van der Waals surface area contributed by atoms with Gasteiger partial charge in [-0.05, 0) is 34.5 Å². The number of benzene rings is 1. The molecule has 0 aliphatic carbocycles. The van der Waals surface area contributed by atoms with Gasteiger partial charge in [-0.25, -0.2) is 9.59 Å². The second-order valence-corrected chi connectivity index (χ2v) is 4.20. The van der Waals surface area contributed by atoms with Gasteiger partial charge in [0, 0.05) is 11.0 Å². The minimum Gasteiger partial charge on any atom is -0.478 e. The average Bonchev–Trinajstić information content (AvgIpc) is 2.28. The lowest BCUT2D eigenvalue weighted by Crippen LogP contribution is -2.30. The number of urea groups is 1. The first-order valence-corrected chi connectivity index (χ1v) is 5.92. The van der Waals surface area contributed by atoms with Crippen molar-refractivity contribution in [3.8, 4) is 0 Å². The summed E-state index contributed by atoms with van der Waals surface area (Å²) in [5, 5.41) is 14.1. The molecule has 0 unspecified atom stereocenters. The van der Waals surface area contributed by atoms with E-state index in [1.165, 1.54) is 6.07 Å². The van der Waals surface area contributed by atoms with Gasteiger partial charge in [0.25, 0.3) is 0 Å². The van der Waals surface area contributed by atoms with Crippen molar-refractivity contribution in [1.29, 1.82) is 0 Å². The third-order valence-corrected chi connectivity index (χ3v) is 2.68. The van der Waals surface area contributed by atoms with Crippen LogP contribution in [-0.4, -0.2) is 23.7 Å². The molecule has 6 heteroatoms. The molecule has 0 bridgehead atoms. The Labute approximate surface area is 107 Å². The quantitative estimate of drug-likeness (QED) is 0.800. The fraction of sp³-hybridized carbons (Fsp3) is 0.273. The topological polar surface area (TPSA) is 78.4 Å². The molecule has 1 aromatic carbocycles. The van der Waals surface area contributed by atoms with Crippen LogP contribution in [0.15, 0.2) is 22.7 Å². The van der Waals surface area contributed by atoms with Crippen molar-refractivity contribution in [3.63, 3.8) is 0 Å². The highest BCUT2D eigenvalue weighted by Gasteiger charge is 2.14. The van der Waals surface area contributed by atoms with E-state index in [0.29, 0.717) is 11.0 Å². The first kappa shape index (κ1) is 13.5. The highest BCUT2D eigenvalue weighted by molar-refractivity contribution is 9.10. The number of aromatic carboxylic acids is 1. The van der Waals surface area contributed by atoms with Gasteiger partial charge in [-0.15, -0.1) is 0 Å². The number of carboxylic acid groups (broad SMARTS) is 1. The molecule has 17 heavy (non-hydrogen) atoms. The molecule has 1 aromatic rings. The second kappa shape index (κ2) is 6.24. The Kier molecular flexibility index (Phi) is 4.96. The third-order valence-electron chi connectivity index (χ3n) is 2.02. The number of amides is 2. The third kappa shape index (κ3) is 3.74. The fourth-order valence-corrected chi connectivity index (χ4v) is 1.69. The summed E-state index contributed by atoms with van der Waals surface area (Å²) in [5.74, 6) is -1.09. The largest absolute Gasteiger partial charge is 0.478 e. The van der Waals surface area contributed by atoms with E-state index in [0.717, 1.165) is 6.42 Å². The van der Waals surface area contributed by atoms with Gasteiger partial charge in [0.1, 0.15) is 0 Å². The molecule has 0 atom stereocenters. The highest BCUT2D eigenvalue weighted by atomic mass is 79.9. The maximum absolute atomic E-state index is 11.5. The van der Waals surface area contributed by atoms with Gasteiger partial charge in [0.2, 0.25) is 0 Å². The van der Waals surface area contributed by atoms with Crippen LogP contribution in [0.4, 0.5) is 10.5 Å². The Morgan fingerprint density at radius 3 is 2.71 bits per heavy atom. The average molecular weight is 301 g/mol.